The molecule has 0 fully saturated rings. The fraction of sp³-hybridized carbons (Fsp3) is 0.318. The Hall–Kier alpha value is -3.35. The summed E-state index contributed by atoms with van der Waals surface area (Å²) in [5.74, 6) is 1.50. The number of hydrogen-bond acceptors (Lipinski definition) is 7. The molecule has 29 heavy (non-hydrogen) atoms. The number of ether oxygens (including phenoxy) is 2. The number of nitrogens with zero attached hydrogens (tertiary/aromatic N) is 3. The van der Waals surface area contributed by atoms with Gasteiger partial charge in [0.2, 0.25) is 0 Å². The van der Waals surface area contributed by atoms with Crippen LogP contribution in [0.2, 0.25) is 0 Å². The maximum Gasteiger partial charge on any atom is 0.160 e. The van der Waals surface area contributed by atoms with Gasteiger partial charge >= 0.3 is 0 Å². The van der Waals surface area contributed by atoms with Crippen LogP contribution in [0.1, 0.15) is 32.6 Å². The molecule has 0 saturated carbocycles. The Morgan fingerprint density at radius 1 is 0.759 bits per heavy atom. The number of aromatic nitrogens is 3. The predicted molar refractivity (Wildman–Crippen MR) is 112 cm³/mol. The molecule has 3 aromatic rings. The average Bonchev–Trinajstić information content (AvgIpc) is 2.77. The van der Waals surface area contributed by atoms with Crippen molar-refractivity contribution in [1.29, 1.82) is 0 Å². The molecular formula is C22H29N3O4. The van der Waals surface area contributed by atoms with Crippen molar-refractivity contribution < 1.29 is 19.7 Å². The summed E-state index contributed by atoms with van der Waals surface area (Å²) in [7, 11) is 1.52. The van der Waals surface area contributed by atoms with Crippen LogP contribution < -0.4 is 9.47 Å². The lowest BCUT2D eigenvalue weighted by Crippen LogP contribution is -1.97. The lowest BCUT2D eigenvalue weighted by atomic mass is 10.2. The minimum Gasteiger partial charge on any atom is -0.504 e. The molecular weight excluding hydrogens is 370 g/mol. The van der Waals surface area contributed by atoms with Gasteiger partial charge in [-0.15, -0.1) is 10.2 Å². The minimum atomic E-state index is 0.181. The molecule has 0 aliphatic rings. The summed E-state index contributed by atoms with van der Waals surface area (Å²) in [6.45, 7) is 2.88. The summed E-state index contributed by atoms with van der Waals surface area (Å²) in [5.41, 5.74) is 0. The van der Waals surface area contributed by atoms with Crippen molar-refractivity contribution in [3.63, 3.8) is 0 Å². The zero-order valence-electron chi connectivity index (χ0n) is 16.9. The van der Waals surface area contributed by atoms with Crippen LogP contribution in [-0.2, 0) is 0 Å². The van der Waals surface area contributed by atoms with Gasteiger partial charge < -0.3 is 19.7 Å². The lowest BCUT2D eigenvalue weighted by molar-refractivity contribution is 0.289. The molecule has 0 bridgehead atoms. The molecule has 0 spiro atoms. The molecule has 2 aromatic carbocycles. The number of phenols is 2. The van der Waals surface area contributed by atoms with Crippen LogP contribution in [0.15, 0.2) is 67.0 Å². The maximum absolute atomic E-state index is 9.39. The van der Waals surface area contributed by atoms with E-state index in [0.29, 0.717) is 18.1 Å². The van der Waals surface area contributed by atoms with Crippen molar-refractivity contribution in [2.45, 2.75) is 32.6 Å². The Morgan fingerprint density at radius 3 is 1.76 bits per heavy atom. The molecule has 1 heterocycles. The Morgan fingerprint density at radius 2 is 1.34 bits per heavy atom. The van der Waals surface area contributed by atoms with Crippen LogP contribution in [0.25, 0.3) is 0 Å². The van der Waals surface area contributed by atoms with Gasteiger partial charge in [-0.3, -0.25) is 0 Å². The van der Waals surface area contributed by atoms with Crippen molar-refractivity contribution >= 4 is 0 Å². The Labute approximate surface area is 172 Å². The Kier molecular flexibility index (Phi) is 12.8. The fourth-order valence-electron chi connectivity index (χ4n) is 2.12. The third-order valence-electron chi connectivity index (χ3n) is 3.61. The summed E-state index contributed by atoms with van der Waals surface area (Å²) < 4.78 is 10.2. The van der Waals surface area contributed by atoms with Gasteiger partial charge in [0.15, 0.2) is 23.0 Å². The zero-order valence-corrected chi connectivity index (χ0v) is 16.9. The minimum absolute atomic E-state index is 0.181. The Bertz CT molecular complexity index is 746. The summed E-state index contributed by atoms with van der Waals surface area (Å²) in [5, 5.41) is 28.5. The molecule has 0 unspecified atom stereocenters. The average molecular weight is 399 g/mol. The standard InChI is InChI=1S/C12H18O2.C7H8O2.C3H3N3/c1-2-3-4-7-10-14-12-9-6-5-8-11(12)13;1-9-7-5-3-2-4-6(7)8;1-2-4-6-5-3-1/h5-6,8-9,13H,2-4,7,10H2,1H3;2-5,8H,1H3;1-3H. The number of benzene rings is 2. The monoisotopic (exact) mass is 399 g/mol. The molecule has 0 saturated heterocycles. The van der Waals surface area contributed by atoms with Gasteiger partial charge in [-0.25, -0.2) is 0 Å². The zero-order chi connectivity index (χ0) is 21.2. The largest absolute Gasteiger partial charge is 0.504 e. The van der Waals surface area contributed by atoms with E-state index in [4.69, 9.17) is 14.6 Å². The number of unbranched alkanes of at least 4 members (excludes halogenated alkanes) is 3. The van der Waals surface area contributed by atoms with Crippen LogP contribution >= 0.6 is 0 Å². The highest BCUT2D eigenvalue weighted by atomic mass is 16.5. The summed E-state index contributed by atoms with van der Waals surface area (Å²) in [6, 6.07) is 15.6. The van der Waals surface area contributed by atoms with Crippen molar-refractivity contribution in [3.05, 3.63) is 67.0 Å². The number of rotatable bonds is 7. The highest BCUT2D eigenvalue weighted by Gasteiger charge is 1.98. The van der Waals surface area contributed by atoms with Crippen molar-refractivity contribution in [2.75, 3.05) is 13.7 Å². The number of para-hydroxylation sites is 4. The first-order valence-electron chi connectivity index (χ1n) is 9.50. The molecule has 7 nitrogen and oxygen atoms in total. The highest BCUT2D eigenvalue weighted by Crippen LogP contribution is 2.24. The van der Waals surface area contributed by atoms with Gasteiger partial charge in [-0.1, -0.05) is 50.5 Å². The molecule has 0 radical (unpaired) electrons. The molecule has 0 amide bonds. The van der Waals surface area contributed by atoms with E-state index in [1.807, 2.05) is 6.07 Å². The normalized spacial score (nSPS) is 9.31. The smallest absolute Gasteiger partial charge is 0.160 e. The van der Waals surface area contributed by atoms with Gasteiger partial charge in [0.25, 0.3) is 0 Å². The summed E-state index contributed by atoms with van der Waals surface area (Å²) >= 11 is 0. The van der Waals surface area contributed by atoms with Gasteiger partial charge in [0, 0.05) is 0 Å². The van der Waals surface area contributed by atoms with Crippen LogP contribution in [0.4, 0.5) is 0 Å². The van der Waals surface area contributed by atoms with Crippen LogP contribution in [0.5, 0.6) is 23.0 Å². The van der Waals surface area contributed by atoms with Crippen molar-refractivity contribution in [1.82, 2.24) is 15.4 Å². The molecule has 156 valence electrons. The predicted octanol–water partition coefficient (Wildman–Crippen LogP) is 4.62. The van der Waals surface area contributed by atoms with Gasteiger partial charge in [-0.05, 0) is 42.0 Å². The SMILES string of the molecule is CCCCCCOc1ccccc1O.COc1ccccc1O.c1cnnnc1. The van der Waals surface area contributed by atoms with Gasteiger partial charge in [-0.2, -0.15) is 0 Å². The topological polar surface area (TPSA) is 97.6 Å². The van der Waals surface area contributed by atoms with E-state index in [0.717, 1.165) is 6.42 Å². The maximum atomic E-state index is 9.39. The molecule has 0 atom stereocenters. The van der Waals surface area contributed by atoms with E-state index < -0.39 is 0 Å². The summed E-state index contributed by atoms with van der Waals surface area (Å²) in [6.07, 6.45) is 7.90. The third kappa shape index (κ3) is 11.2. The molecule has 1 aromatic heterocycles. The molecule has 3 rings (SSSR count). The second kappa shape index (κ2) is 15.7. The van der Waals surface area contributed by atoms with Gasteiger partial charge in [0.05, 0.1) is 26.1 Å². The van der Waals surface area contributed by atoms with E-state index in [1.165, 1.54) is 26.4 Å². The molecule has 2 N–H and O–H groups in total. The molecule has 7 heteroatoms. The van der Waals surface area contributed by atoms with Crippen molar-refractivity contribution in [3.8, 4) is 23.0 Å². The number of methoxy groups -OCH3 is 1. The van der Waals surface area contributed by atoms with E-state index in [2.05, 4.69) is 22.3 Å². The van der Waals surface area contributed by atoms with Crippen LogP contribution in [-0.4, -0.2) is 39.3 Å². The van der Waals surface area contributed by atoms with Crippen LogP contribution in [0.3, 0.4) is 0 Å². The van der Waals surface area contributed by atoms with E-state index in [-0.39, 0.29) is 11.5 Å². The lowest BCUT2D eigenvalue weighted by Gasteiger charge is -2.06. The fourth-order valence-corrected chi connectivity index (χ4v) is 2.12. The quantitative estimate of drug-likeness (QED) is 0.559. The first-order valence-corrected chi connectivity index (χ1v) is 9.50. The van der Waals surface area contributed by atoms with E-state index in [9.17, 15) is 5.11 Å². The number of phenolic OH excluding ortho intramolecular Hbond substituents is 2. The van der Waals surface area contributed by atoms with Gasteiger partial charge in [0.1, 0.15) is 0 Å². The molecule has 0 aliphatic carbocycles. The second-order valence-corrected chi connectivity index (χ2v) is 5.86. The van der Waals surface area contributed by atoms with E-state index >= 15 is 0 Å². The first-order chi connectivity index (χ1) is 14.2. The second-order valence-electron chi connectivity index (χ2n) is 5.86. The molecule has 0 aliphatic heterocycles. The van der Waals surface area contributed by atoms with Crippen molar-refractivity contribution in [2.24, 2.45) is 0 Å². The summed E-state index contributed by atoms with van der Waals surface area (Å²) in [4.78, 5) is 0. The number of hydrogen-bond donors (Lipinski definition) is 2. The third-order valence-corrected chi connectivity index (χ3v) is 3.61. The number of aromatic hydroxyl groups is 2. The first kappa shape index (κ1) is 23.7. The van der Waals surface area contributed by atoms with Crippen LogP contribution in [0, 0.1) is 0 Å². The highest BCUT2D eigenvalue weighted by molar-refractivity contribution is 5.38. The Balaban J connectivity index is 0.000000238. The van der Waals surface area contributed by atoms with E-state index in [1.54, 1.807) is 60.9 Å².